The molecule has 2 aromatic rings. The van der Waals surface area contributed by atoms with Crippen LogP contribution in [0, 0.1) is 6.92 Å². The van der Waals surface area contributed by atoms with Gasteiger partial charge in [0.05, 0.1) is 17.2 Å². The quantitative estimate of drug-likeness (QED) is 0.831. The number of aryl methyl sites for hydroxylation is 2. The summed E-state index contributed by atoms with van der Waals surface area (Å²) in [5.41, 5.74) is 10.4. The molecule has 2 aromatic heterocycles. The molecular formula is C17H21N3O3S2. The van der Waals surface area contributed by atoms with Gasteiger partial charge in [0, 0.05) is 17.1 Å². The van der Waals surface area contributed by atoms with Gasteiger partial charge < -0.3 is 11.1 Å². The van der Waals surface area contributed by atoms with Crippen LogP contribution in [0.5, 0.6) is 0 Å². The molecule has 6 nitrogen and oxygen atoms in total. The largest absolute Gasteiger partial charge is 0.397 e. The number of rotatable bonds is 2. The predicted molar refractivity (Wildman–Crippen MR) is 99.9 cm³/mol. The molecular weight excluding hydrogens is 358 g/mol. The zero-order valence-electron chi connectivity index (χ0n) is 14.1. The Morgan fingerprint density at radius 1 is 1.28 bits per heavy atom. The first kappa shape index (κ1) is 16.8. The molecule has 25 heavy (non-hydrogen) atoms. The molecule has 4 rings (SSSR count). The number of sulfone groups is 1. The van der Waals surface area contributed by atoms with E-state index in [0.29, 0.717) is 17.0 Å². The lowest BCUT2D eigenvalue weighted by Gasteiger charge is -2.18. The summed E-state index contributed by atoms with van der Waals surface area (Å²) in [5.74, 6) is -0.144. The maximum absolute atomic E-state index is 12.7. The number of thiophene rings is 1. The summed E-state index contributed by atoms with van der Waals surface area (Å²) >= 11 is 1.30. The van der Waals surface area contributed by atoms with E-state index in [-0.39, 0.29) is 23.5 Å². The van der Waals surface area contributed by atoms with Crippen LogP contribution < -0.4 is 11.1 Å². The number of anilines is 1. The Morgan fingerprint density at radius 2 is 2.00 bits per heavy atom. The van der Waals surface area contributed by atoms with E-state index in [1.54, 1.807) is 0 Å². The van der Waals surface area contributed by atoms with Crippen molar-refractivity contribution in [2.75, 3.05) is 17.2 Å². The molecule has 8 heteroatoms. The number of hydrogen-bond acceptors (Lipinski definition) is 6. The van der Waals surface area contributed by atoms with E-state index in [0.717, 1.165) is 41.6 Å². The van der Waals surface area contributed by atoms with Gasteiger partial charge in [-0.1, -0.05) is 0 Å². The van der Waals surface area contributed by atoms with Gasteiger partial charge in [-0.3, -0.25) is 4.79 Å². The summed E-state index contributed by atoms with van der Waals surface area (Å²) in [4.78, 5) is 18.6. The third-order valence-electron chi connectivity index (χ3n) is 5.18. The minimum Gasteiger partial charge on any atom is -0.397 e. The van der Waals surface area contributed by atoms with Crippen molar-refractivity contribution in [3.63, 3.8) is 0 Å². The Kier molecular flexibility index (Phi) is 3.99. The predicted octanol–water partition coefficient (Wildman–Crippen LogP) is 1.98. The molecule has 1 atom stereocenters. The van der Waals surface area contributed by atoms with Crippen molar-refractivity contribution in [3.8, 4) is 0 Å². The fraction of sp³-hybridized carbons (Fsp3) is 0.529. The lowest BCUT2D eigenvalue weighted by molar-refractivity contribution is 0.0946. The van der Waals surface area contributed by atoms with Crippen LogP contribution in [0.3, 0.4) is 0 Å². The SMILES string of the molecule is Cc1nc2sc(C(=O)N[C@@H]3CCS(=O)(=O)C3)c(N)c2c2c1CCCC2. The van der Waals surface area contributed by atoms with Crippen molar-refractivity contribution in [1.29, 1.82) is 0 Å². The van der Waals surface area contributed by atoms with Crippen molar-refractivity contribution in [2.45, 2.75) is 45.1 Å². The maximum atomic E-state index is 12.7. The second-order valence-corrected chi connectivity index (χ2v) is 10.2. The number of nitrogens with zero attached hydrogens (tertiary/aromatic N) is 1. The van der Waals surface area contributed by atoms with Gasteiger partial charge in [0.25, 0.3) is 5.91 Å². The van der Waals surface area contributed by atoms with Gasteiger partial charge in [-0.05, 0) is 50.2 Å². The van der Waals surface area contributed by atoms with Crippen molar-refractivity contribution < 1.29 is 13.2 Å². The fourth-order valence-corrected chi connectivity index (χ4v) is 6.68. The molecule has 134 valence electrons. The molecule has 3 heterocycles. The minimum atomic E-state index is -3.03. The van der Waals surface area contributed by atoms with Crippen LogP contribution in [0.25, 0.3) is 10.2 Å². The highest BCUT2D eigenvalue weighted by Crippen LogP contribution is 2.39. The van der Waals surface area contributed by atoms with E-state index in [2.05, 4.69) is 10.3 Å². The Bertz CT molecular complexity index is 979. The van der Waals surface area contributed by atoms with Gasteiger partial charge in [-0.25, -0.2) is 13.4 Å². The standard InChI is InChI=1S/C17H21N3O3S2/c1-9-11-4-2-3-5-12(11)13-14(18)15(24-17(13)19-9)16(21)20-10-6-7-25(22,23)8-10/h10H,2-8,18H2,1H3,(H,20,21)/t10-/m1/s1. The highest BCUT2D eigenvalue weighted by atomic mass is 32.2. The summed E-state index contributed by atoms with van der Waals surface area (Å²) in [6.45, 7) is 2.02. The highest BCUT2D eigenvalue weighted by molar-refractivity contribution is 7.91. The number of nitrogens with two attached hydrogens (primary N) is 1. The van der Waals surface area contributed by atoms with Gasteiger partial charge >= 0.3 is 0 Å². The van der Waals surface area contributed by atoms with E-state index >= 15 is 0 Å². The van der Waals surface area contributed by atoms with E-state index in [9.17, 15) is 13.2 Å². The molecule has 0 saturated carbocycles. The topological polar surface area (TPSA) is 102 Å². The number of nitrogens with one attached hydrogen (secondary N) is 1. The number of fused-ring (bicyclic) bond motifs is 3. The van der Waals surface area contributed by atoms with Crippen molar-refractivity contribution >= 4 is 43.0 Å². The molecule has 1 aliphatic heterocycles. The Balaban J connectivity index is 1.71. The number of aromatic nitrogens is 1. The third kappa shape index (κ3) is 2.91. The van der Waals surface area contributed by atoms with E-state index < -0.39 is 9.84 Å². The average Bonchev–Trinajstić information content (AvgIpc) is 3.07. The smallest absolute Gasteiger partial charge is 0.263 e. The van der Waals surface area contributed by atoms with E-state index in [4.69, 9.17) is 5.73 Å². The van der Waals surface area contributed by atoms with Crippen molar-refractivity contribution in [2.24, 2.45) is 0 Å². The second kappa shape index (κ2) is 5.95. The summed E-state index contributed by atoms with van der Waals surface area (Å²) in [6.07, 6.45) is 4.74. The van der Waals surface area contributed by atoms with Gasteiger partial charge in [-0.2, -0.15) is 0 Å². The third-order valence-corrected chi connectivity index (χ3v) is 8.04. The summed E-state index contributed by atoms with van der Waals surface area (Å²) in [6, 6.07) is -0.328. The molecule has 1 saturated heterocycles. The summed E-state index contributed by atoms with van der Waals surface area (Å²) in [7, 11) is -3.03. The number of hydrogen-bond donors (Lipinski definition) is 2. The molecule has 1 fully saturated rings. The van der Waals surface area contributed by atoms with Crippen LogP contribution in [-0.2, 0) is 22.7 Å². The van der Waals surface area contributed by atoms with Gasteiger partial charge in [-0.15, -0.1) is 11.3 Å². The second-order valence-electron chi connectivity index (χ2n) is 6.96. The molecule has 0 unspecified atom stereocenters. The lowest BCUT2D eigenvalue weighted by Crippen LogP contribution is -2.35. The summed E-state index contributed by atoms with van der Waals surface area (Å²) in [5, 5.41) is 3.76. The Morgan fingerprint density at radius 3 is 2.68 bits per heavy atom. The van der Waals surface area contributed by atoms with E-state index in [1.807, 2.05) is 6.92 Å². The average molecular weight is 380 g/mol. The lowest BCUT2D eigenvalue weighted by atomic mass is 9.89. The molecule has 0 spiro atoms. The first-order valence-corrected chi connectivity index (χ1v) is 11.2. The van der Waals surface area contributed by atoms with Gasteiger partial charge in [0.2, 0.25) is 0 Å². The minimum absolute atomic E-state index is 0.0102. The van der Waals surface area contributed by atoms with Gasteiger partial charge in [0.1, 0.15) is 9.71 Å². The normalized spacial score (nSPS) is 22.0. The number of nitrogen functional groups attached to an aromatic ring is 1. The highest BCUT2D eigenvalue weighted by Gasteiger charge is 2.31. The molecule has 0 aromatic carbocycles. The molecule has 2 aliphatic rings. The molecule has 1 aliphatic carbocycles. The van der Waals surface area contributed by atoms with Crippen molar-refractivity contribution in [1.82, 2.24) is 10.3 Å². The molecule has 0 radical (unpaired) electrons. The van der Waals surface area contributed by atoms with Crippen LogP contribution in [0.2, 0.25) is 0 Å². The number of carbonyl (C=O) groups excluding carboxylic acids is 1. The summed E-state index contributed by atoms with van der Waals surface area (Å²) < 4.78 is 23.2. The number of carbonyl (C=O) groups is 1. The fourth-order valence-electron chi connectivity index (χ4n) is 3.93. The number of pyridine rings is 1. The first-order chi connectivity index (χ1) is 11.9. The van der Waals surface area contributed by atoms with Crippen LogP contribution in [0.1, 0.15) is 45.8 Å². The van der Waals surface area contributed by atoms with Crippen LogP contribution >= 0.6 is 11.3 Å². The Hall–Kier alpha value is -1.67. The zero-order valence-corrected chi connectivity index (χ0v) is 15.7. The molecule has 0 bridgehead atoms. The van der Waals surface area contributed by atoms with E-state index in [1.165, 1.54) is 22.5 Å². The van der Waals surface area contributed by atoms with Crippen LogP contribution in [-0.4, -0.2) is 36.9 Å². The monoisotopic (exact) mass is 379 g/mol. The van der Waals surface area contributed by atoms with Crippen LogP contribution in [0.15, 0.2) is 0 Å². The van der Waals surface area contributed by atoms with Crippen LogP contribution in [0.4, 0.5) is 5.69 Å². The first-order valence-electron chi connectivity index (χ1n) is 8.57. The number of amides is 1. The zero-order chi connectivity index (χ0) is 17.8. The molecule has 3 N–H and O–H groups in total. The molecule has 1 amide bonds. The van der Waals surface area contributed by atoms with Crippen molar-refractivity contribution in [3.05, 3.63) is 21.7 Å². The maximum Gasteiger partial charge on any atom is 0.263 e. The van der Waals surface area contributed by atoms with Gasteiger partial charge in [0.15, 0.2) is 9.84 Å². The Labute approximate surface area is 150 Å².